The van der Waals surface area contributed by atoms with Gasteiger partial charge in [0.25, 0.3) is 5.91 Å². The van der Waals surface area contributed by atoms with Gasteiger partial charge in [0.2, 0.25) is 0 Å². The van der Waals surface area contributed by atoms with Gasteiger partial charge < -0.3 is 9.64 Å². The second-order valence-corrected chi connectivity index (χ2v) is 6.96. The molecule has 1 amide bonds. The van der Waals surface area contributed by atoms with Crippen molar-refractivity contribution in [2.45, 2.75) is 52.8 Å². The Balaban J connectivity index is 1.69. The lowest BCUT2D eigenvalue weighted by Gasteiger charge is -2.25. The lowest BCUT2D eigenvalue weighted by atomic mass is 10.1. The minimum Gasteiger partial charge on any atom is -0.451 e. The topological polar surface area (TPSA) is 108 Å². The lowest BCUT2D eigenvalue weighted by molar-refractivity contribution is -0.386. The van der Waals surface area contributed by atoms with Crippen molar-refractivity contribution in [2.24, 2.45) is 0 Å². The summed E-state index contributed by atoms with van der Waals surface area (Å²) in [5.74, 6) is -0.980. The number of ether oxygens (including phenoxy) is 1. The third kappa shape index (κ3) is 3.47. The van der Waals surface area contributed by atoms with Crippen molar-refractivity contribution < 1.29 is 19.2 Å². The number of fused-ring (bicyclic) bond motifs is 1. The van der Waals surface area contributed by atoms with Gasteiger partial charge in [-0.1, -0.05) is 18.2 Å². The molecule has 28 heavy (non-hydrogen) atoms. The van der Waals surface area contributed by atoms with Crippen molar-refractivity contribution >= 4 is 23.3 Å². The van der Waals surface area contributed by atoms with E-state index in [0.717, 1.165) is 17.7 Å². The molecule has 0 saturated heterocycles. The van der Waals surface area contributed by atoms with Crippen LogP contribution >= 0.6 is 0 Å². The number of hydrogen-bond acceptors (Lipinski definition) is 6. The van der Waals surface area contributed by atoms with Gasteiger partial charge in [0.15, 0.2) is 6.10 Å². The Kier molecular flexibility index (Phi) is 5.17. The molecule has 0 fully saturated rings. The van der Waals surface area contributed by atoms with E-state index in [2.05, 4.69) is 5.10 Å². The van der Waals surface area contributed by atoms with Crippen molar-refractivity contribution in [3.8, 4) is 0 Å². The fourth-order valence-electron chi connectivity index (χ4n) is 3.61. The summed E-state index contributed by atoms with van der Waals surface area (Å²) in [5.41, 5.74) is 2.27. The highest BCUT2D eigenvalue weighted by Gasteiger charge is 2.34. The zero-order chi connectivity index (χ0) is 20.6. The molecule has 148 valence electrons. The van der Waals surface area contributed by atoms with Gasteiger partial charge in [-0.3, -0.25) is 24.4 Å². The fourth-order valence-corrected chi connectivity index (χ4v) is 3.61. The highest BCUT2D eigenvalue weighted by molar-refractivity contribution is 5.99. The monoisotopic (exact) mass is 386 g/mol. The van der Waals surface area contributed by atoms with E-state index in [0.29, 0.717) is 0 Å². The molecule has 1 aromatic heterocycles. The van der Waals surface area contributed by atoms with Gasteiger partial charge in [-0.15, -0.1) is 0 Å². The second kappa shape index (κ2) is 7.41. The largest absolute Gasteiger partial charge is 0.451 e. The quantitative estimate of drug-likeness (QED) is 0.443. The molecule has 0 radical (unpaired) electrons. The molecule has 1 aromatic carbocycles. The summed E-state index contributed by atoms with van der Waals surface area (Å²) in [6.07, 6.45) is -0.231. The Bertz CT molecular complexity index is 952. The molecule has 0 bridgehead atoms. The van der Waals surface area contributed by atoms with E-state index in [-0.39, 0.29) is 35.6 Å². The molecule has 0 aliphatic carbocycles. The molecule has 1 aliphatic rings. The molecule has 9 nitrogen and oxygen atoms in total. The fraction of sp³-hybridized carbons (Fsp3) is 0.421. The molecule has 9 heteroatoms. The van der Waals surface area contributed by atoms with Crippen LogP contribution in [0.4, 0.5) is 11.4 Å². The predicted octanol–water partition coefficient (Wildman–Crippen LogP) is 2.32. The van der Waals surface area contributed by atoms with Crippen LogP contribution in [-0.4, -0.2) is 38.7 Å². The molecule has 3 rings (SSSR count). The van der Waals surface area contributed by atoms with E-state index in [9.17, 15) is 19.7 Å². The third-order valence-electron chi connectivity index (χ3n) is 4.91. The summed E-state index contributed by atoms with van der Waals surface area (Å²) in [6.45, 7) is 6.19. The van der Waals surface area contributed by atoms with E-state index < -0.39 is 17.0 Å². The average Bonchev–Trinajstić information content (AvgIpc) is 3.09. The summed E-state index contributed by atoms with van der Waals surface area (Å²) in [7, 11) is 0. The maximum atomic E-state index is 12.9. The molecule has 2 heterocycles. The molecule has 2 atom stereocenters. The van der Waals surface area contributed by atoms with E-state index in [1.165, 1.54) is 25.5 Å². The minimum absolute atomic E-state index is 0.0234. The summed E-state index contributed by atoms with van der Waals surface area (Å²) in [5, 5.41) is 15.1. The SMILES string of the molecule is Cc1nn(CC(=O)O[C@@H](C)C(=O)N2c3ccccc3C[C@H]2C)c(C)c1[N+](=O)[O-]. The number of benzene rings is 1. The van der Waals surface area contributed by atoms with Gasteiger partial charge in [0.1, 0.15) is 17.9 Å². The van der Waals surface area contributed by atoms with E-state index in [4.69, 9.17) is 4.74 Å². The van der Waals surface area contributed by atoms with Crippen molar-refractivity contribution in [3.63, 3.8) is 0 Å². The van der Waals surface area contributed by atoms with Gasteiger partial charge in [0.05, 0.1) is 4.92 Å². The van der Waals surface area contributed by atoms with Crippen molar-refractivity contribution in [2.75, 3.05) is 4.90 Å². The number of carbonyl (C=O) groups is 2. The van der Waals surface area contributed by atoms with Crippen LogP contribution in [0.25, 0.3) is 0 Å². The number of nitro groups is 1. The van der Waals surface area contributed by atoms with Crippen molar-refractivity contribution in [1.29, 1.82) is 0 Å². The summed E-state index contributed by atoms with van der Waals surface area (Å²) >= 11 is 0. The first-order chi connectivity index (χ1) is 13.2. The van der Waals surface area contributed by atoms with Gasteiger partial charge in [-0.2, -0.15) is 5.10 Å². The molecule has 0 N–H and O–H groups in total. The Morgan fingerprint density at radius 3 is 2.68 bits per heavy atom. The summed E-state index contributed by atoms with van der Waals surface area (Å²) < 4.78 is 6.52. The highest BCUT2D eigenvalue weighted by atomic mass is 16.6. The Morgan fingerprint density at radius 1 is 1.36 bits per heavy atom. The summed E-state index contributed by atoms with van der Waals surface area (Å²) in [4.78, 5) is 37.3. The maximum absolute atomic E-state index is 12.9. The molecular weight excluding hydrogens is 364 g/mol. The van der Waals surface area contributed by atoms with Gasteiger partial charge in [0, 0.05) is 11.7 Å². The zero-order valence-corrected chi connectivity index (χ0v) is 16.2. The minimum atomic E-state index is -0.979. The van der Waals surface area contributed by atoms with Crippen molar-refractivity contribution in [1.82, 2.24) is 9.78 Å². The Hall–Kier alpha value is -3.23. The second-order valence-electron chi connectivity index (χ2n) is 6.96. The number of aromatic nitrogens is 2. The molecular formula is C19H22N4O5. The highest BCUT2D eigenvalue weighted by Crippen LogP contribution is 2.32. The molecule has 0 saturated carbocycles. The number of esters is 1. The zero-order valence-electron chi connectivity index (χ0n) is 16.2. The maximum Gasteiger partial charge on any atom is 0.328 e. The number of carbonyl (C=O) groups excluding carboxylic acids is 2. The van der Waals surface area contributed by atoms with Gasteiger partial charge in [-0.05, 0) is 45.7 Å². The first kappa shape index (κ1) is 19.5. The van der Waals surface area contributed by atoms with Gasteiger partial charge in [-0.25, -0.2) is 0 Å². The average molecular weight is 386 g/mol. The number of nitrogens with zero attached hydrogens (tertiary/aromatic N) is 4. The van der Waals surface area contributed by atoms with Crippen LogP contribution in [0.2, 0.25) is 0 Å². The van der Waals surface area contributed by atoms with Crippen LogP contribution in [-0.2, 0) is 27.3 Å². The molecule has 2 aromatic rings. The van der Waals surface area contributed by atoms with Crippen LogP contribution in [0.1, 0.15) is 30.8 Å². The van der Waals surface area contributed by atoms with Crippen molar-refractivity contribution in [3.05, 3.63) is 51.3 Å². The lowest BCUT2D eigenvalue weighted by Crippen LogP contribution is -2.43. The number of aryl methyl sites for hydroxylation is 1. The standard InChI is InChI=1S/C19H22N4O5/c1-11-9-15-7-5-6-8-16(15)22(11)19(25)14(4)28-17(24)10-21-13(3)18(23(26)27)12(2)20-21/h5-8,11,14H,9-10H2,1-4H3/t11-,14+/m1/s1. The smallest absolute Gasteiger partial charge is 0.328 e. The third-order valence-corrected chi connectivity index (χ3v) is 4.91. The first-order valence-electron chi connectivity index (χ1n) is 8.99. The van der Waals surface area contributed by atoms with Crippen LogP contribution < -0.4 is 4.90 Å². The van der Waals surface area contributed by atoms with E-state index in [1.807, 2.05) is 31.2 Å². The van der Waals surface area contributed by atoms with E-state index >= 15 is 0 Å². The molecule has 1 aliphatic heterocycles. The first-order valence-corrected chi connectivity index (χ1v) is 8.99. The molecule has 0 spiro atoms. The van der Waals surface area contributed by atoms with Crippen LogP contribution in [0.15, 0.2) is 24.3 Å². The Morgan fingerprint density at radius 2 is 2.04 bits per heavy atom. The van der Waals surface area contributed by atoms with Gasteiger partial charge >= 0.3 is 11.7 Å². The molecule has 0 unspecified atom stereocenters. The summed E-state index contributed by atoms with van der Waals surface area (Å²) in [6, 6.07) is 7.62. The number of anilines is 1. The number of para-hydroxylation sites is 1. The van der Waals surface area contributed by atoms with Crippen LogP contribution in [0.5, 0.6) is 0 Å². The number of hydrogen-bond donors (Lipinski definition) is 0. The van der Waals surface area contributed by atoms with Crippen LogP contribution in [0.3, 0.4) is 0 Å². The van der Waals surface area contributed by atoms with Crippen LogP contribution in [0, 0.1) is 24.0 Å². The number of amides is 1. The Labute approximate surface area is 162 Å². The number of rotatable bonds is 5. The predicted molar refractivity (Wildman–Crippen MR) is 101 cm³/mol. The normalized spacial score (nSPS) is 16.6. The van der Waals surface area contributed by atoms with E-state index in [1.54, 1.807) is 4.90 Å².